The lowest BCUT2D eigenvalue weighted by Crippen LogP contribution is -2.48. The fourth-order valence-electron chi connectivity index (χ4n) is 3.13. The number of hydrogen-bond donors (Lipinski definition) is 1. The minimum atomic E-state index is 0.204. The highest BCUT2D eigenvalue weighted by Gasteiger charge is 2.23. The van der Waals surface area contributed by atoms with E-state index in [2.05, 4.69) is 34.5 Å². The van der Waals surface area contributed by atoms with Gasteiger partial charge < -0.3 is 10.2 Å². The van der Waals surface area contributed by atoms with Crippen LogP contribution in [0.15, 0.2) is 24.3 Å². The number of anilines is 1. The van der Waals surface area contributed by atoms with Gasteiger partial charge in [-0.2, -0.15) is 0 Å². The summed E-state index contributed by atoms with van der Waals surface area (Å²) < 4.78 is 0. The van der Waals surface area contributed by atoms with E-state index in [4.69, 9.17) is 0 Å². The largest absolute Gasteiger partial charge is 0.314 e. The van der Waals surface area contributed by atoms with Gasteiger partial charge in [0.1, 0.15) is 0 Å². The summed E-state index contributed by atoms with van der Waals surface area (Å²) in [6.45, 7) is 3.40. The fourth-order valence-corrected chi connectivity index (χ4v) is 3.13. The number of likely N-dealkylation sites (N-methyl/N-ethyl adjacent to an activating group) is 1. The number of carbonyl (C=O) groups is 1. The number of rotatable bonds is 3. The van der Waals surface area contributed by atoms with Crippen LogP contribution in [-0.4, -0.2) is 50.1 Å². The van der Waals surface area contributed by atoms with Crippen LogP contribution in [0, 0.1) is 0 Å². The van der Waals surface area contributed by atoms with Gasteiger partial charge in [0, 0.05) is 24.8 Å². The first kappa shape index (κ1) is 13.6. The molecule has 1 N–H and O–H groups in total. The third-order valence-corrected chi connectivity index (χ3v) is 4.28. The zero-order valence-electron chi connectivity index (χ0n) is 12.1. The molecule has 1 aromatic carbocycles. The lowest BCUT2D eigenvalue weighted by Gasteiger charge is -2.32. The monoisotopic (exact) mass is 273 g/mol. The van der Waals surface area contributed by atoms with Crippen molar-refractivity contribution in [1.29, 1.82) is 0 Å². The maximum atomic E-state index is 12.1. The molecule has 0 aromatic heterocycles. The van der Waals surface area contributed by atoms with Crippen molar-refractivity contribution in [2.75, 3.05) is 38.1 Å². The van der Waals surface area contributed by atoms with E-state index in [0.717, 1.165) is 31.7 Å². The van der Waals surface area contributed by atoms with Crippen molar-refractivity contribution in [3.05, 3.63) is 29.8 Å². The maximum absolute atomic E-state index is 12.1. The van der Waals surface area contributed by atoms with Crippen LogP contribution >= 0.6 is 0 Å². The zero-order chi connectivity index (χ0) is 13.9. The van der Waals surface area contributed by atoms with Crippen LogP contribution in [0.4, 0.5) is 5.69 Å². The number of benzene rings is 1. The van der Waals surface area contributed by atoms with E-state index in [-0.39, 0.29) is 5.91 Å². The Bertz CT molecular complexity index is 482. The lowest BCUT2D eigenvalue weighted by atomic mass is 10.0. The van der Waals surface area contributed by atoms with Crippen molar-refractivity contribution < 1.29 is 4.79 Å². The van der Waals surface area contributed by atoms with Gasteiger partial charge in [-0.25, -0.2) is 0 Å². The van der Waals surface area contributed by atoms with E-state index in [0.29, 0.717) is 12.6 Å². The molecule has 20 heavy (non-hydrogen) atoms. The maximum Gasteiger partial charge on any atom is 0.241 e. The second kappa shape index (κ2) is 5.94. The third-order valence-electron chi connectivity index (χ3n) is 4.28. The highest BCUT2D eigenvalue weighted by atomic mass is 16.2. The molecule has 108 valence electrons. The first-order valence-corrected chi connectivity index (χ1v) is 7.53. The van der Waals surface area contributed by atoms with E-state index in [9.17, 15) is 4.79 Å². The van der Waals surface area contributed by atoms with Crippen LogP contribution in [-0.2, 0) is 11.2 Å². The summed E-state index contributed by atoms with van der Waals surface area (Å²) in [6.07, 6.45) is 3.61. The number of piperazine rings is 1. The number of carbonyl (C=O) groups excluding carboxylic acids is 1. The molecule has 0 aliphatic carbocycles. The highest BCUT2D eigenvalue weighted by Crippen LogP contribution is 2.20. The summed E-state index contributed by atoms with van der Waals surface area (Å²) in [6, 6.07) is 9.08. The molecule has 2 saturated heterocycles. The lowest BCUT2D eigenvalue weighted by molar-refractivity contribution is -0.120. The minimum Gasteiger partial charge on any atom is -0.314 e. The molecule has 2 aliphatic rings. The molecule has 1 amide bonds. The summed E-state index contributed by atoms with van der Waals surface area (Å²) >= 11 is 0. The van der Waals surface area contributed by atoms with Gasteiger partial charge in [0.25, 0.3) is 0 Å². The van der Waals surface area contributed by atoms with Crippen molar-refractivity contribution in [1.82, 2.24) is 10.2 Å². The highest BCUT2D eigenvalue weighted by molar-refractivity contribution is 5.95. The van der Waals surface area contributed by atoms with Gasteiger partial charge in [0.05, 0.1) is 6.54 Å². The van der Waals surface area contributed by atoms with Gasteiger partial charge >= 0.3 is 0 Å². The Hall–Kier alpha value is -1.39. The molecule has 1 atom stereocenters. The molecule has 0 bridgehead atoms. The van der Waals surface area contributed by atoms with Crippen LogP contribution in [0.2, 0.25) is 0 Å². The van der Waals surface area contributed by atoms with Gasteiger partial charge in [-0.05, 0) is 50.6 Å². The summed E-state index contributed by atoms with van der Waals surface area (Å²) in [5.74, 6) is 0.204. The Morgan fingerprint density at radius 3 is 3.00 bits per heavy atom. The Morgan fingerprint density at radius 2 is 2.25 bits per heavy atom. The van der Waals surface area contributed by atoms with Crippen molar-refractivity contribution >= 4 is 11.6 Å². The molecule has 0 radical (unpaired) electrons. The quantitative estimate of drug-likeness (QED) is 0.900. The fraction of sp³-hybridized carbons (Fsp3) is 0.562. The van der Waals surface area contributed by atoms with E-state index < -0.39 is 0 Å². The Balaban J connectivity index is 1.71. The molecule has 0 saturated carbocycles. The first-order chi connectivity index (χ1) is 9.72. The van der Waals surface area contributed by atoms with Crippen LogP contribution in [0.5, 0.6) is 0 Å². The Morgan fingerprint density at radius 1 is 1.35 bits per heavy atom. The molecule has 2 heterocycles. The van der Waals surface area contributed by atoms with E-state index in [1.54, 1.807) is 0 Å². The third kappa shape index (κ3) is 3.02. The predicted octanol–water partition coefficient (Wildman–Crippen LogP) is 1.26. The molecule has 2 fully saturated rings. The molecule has 4 heteroatoms. The van der Waals surface area contributed by atoms with Gasteiger partial charge in [0.15, 0.2) is 0 Å². The van der Waals surface area contributed by atoms with Crippen LogP contribution in [0.25, 0.3) is 0 Å². The van der Waals surface area contributed by atoms with Crippen molar-refractivity contribution in [2.24, 2.45) is 0 Å². The van der Waals surface area contributed by atoms with Gasteiger partial charge in [-0.3, -0.25) is 9.69 Å². The standard InChI is InChI=1S/C16H23N3O/c1-18-8-9-19(16(20)12-18)15-6-2-4-13(11-15)10-14-5-3-7-17-14/h2,4,6,11,14,17H,3,5,7-10,12H2,1H3. The number of nitrogens with zero attached hydrogens (tertiary/aromatic N) is 2. The summed E-state index contributed by atoms with van der Waals surface area (Å²) in [5.41, 5.74) is 2.38. The molecule has 1 unspecified atom stereocenters. The molecule has 2 aliphatic heterocycles. The minimum absolute atomic E-state index is 0.204. The van der Waals surface area contributed by atoms with Crippen LogP contribution < -0.4 is 10.2 Å². The van der Waals surface area contributed by atoms with Gasteiger partial charge in [-0.1, -0.05) is 12.1 Å². The Labute approximate surface area is 120 Å². The zero-order valence-corrected chi connectivity index (χ0v) is 12.1. The van der Waals surface area contributed by atoms with Gasteiger partial charge in [0.2, 0.25) is 5.91 Å². The Kier molecular flexibility index (Phi) is 4.03. The van der Waals surface area contributed by atoms with Crippen molar-refractivity contribution in [3.63, 3.8) is 0 Å². The smallest absolute Gasteiger partial charge is 0.241 e. The molecular formula is C16H23N3O. The average Bonchev–Trinajstić information content (AvgIpc) is 2.92. The summed E-state index contributed by atoms with van der Waals surface area (Å²) in [5, 5.41) is 3.53. The van der Waals surface area contributed by atoms with Gasteiger partial charge in [-0.15, -0.1) is 0 Å². The number of amides is 1. The van der Waals surface area contributed by atoms with E-state index in [1.165, 1.54) is 18.4 Å². The SMILES string of the molecule is CN1CCN(c2cccc(CC3CCCN3)c2)C(=O)C1. The molecule has 0 spiro atoms. The van der Waals surface area contributed by atoms with Crippen LogP contribution in [0.3, 0.4) is 0 Å². The molecule has 4 nitrogen and oxygen atoms in total. The number of nitrogens with one attached hydrogen (secondary N) is 1. The predicted molar refractivity (Wildman–Crippen MR) is 81.0 cm³/mol. The van der Waals surface area contributed by atoms with E-state index >= 15 is 0 Å². The second-order valence-corrected chi connectivity index (χ2v) is 5.95. The van der Waals surface area contributed by atoms with Crippen molar-refractivity contribution in [2.45, 2.75) is 25.3 Å². The number of hydrogen-bond acceptors (Lipinski definition) is 3. The van der Waals surface area contributed by atoms with E-state index in [1.807, 2.05) is 11.9 Å². The molecule has 1 aromatic rings. The summed E-state index contributed by atoms with van der Waals surface area (Å²) in [7, 11) is 2.00. The molecular weight excluding hydrogens is 250 g/mol. The average molecular weight is 273 g/mol. The first-order valence-electron chi connectivity index (χ1n) is 7.53. The summed E-state index contributed by atoms with van der Waals surface area (Å²) in [4.78, 5) is 16.1. The van der Waals surface area contributed by atoms with Crippen LogP contribution in [0.1, 0.15) is 18.4 Å². The second-order valence-electron chi connectivity index (χ2n) is 5.95. The molecule has 3 rings (SSSR count). The van der Waals surface area contributed by atoms with Crippen molar-refractivity contribution in [3.8, 4) is 0 Å². The topological polar surface area (TPSA) is 35.6 Å². The normalized spacial score (nSPS) is 24.4.